The summed E-state index contributed by atoms with van der Waals surface area (Å²) in [4.78, 5) is 20.6. The van der Waals surface area contributed by atoms with Crippen LogP contribution in [0.15, 0.2) is 29.3 Å². The number of aromatic nitrogens is 1. The van der Waals surface area contributed by atoms with Crippen LogP contribution < -0.4 is 16.8 Å². The summed E-state index contributed by atoms with van der Waals surface area (Å²) in [5.41, 5.74) is 13.6. The standard InChI is InChI=1S/C15H19N5OS/c1-9-13(20-15(22-9)18-10(2)21)8-5-11-3-6-12(7-4-11)19-14(16)17/h3-4,6-7H,5,8H2,1-2H3,(H4,16,17,19)(H,18,20,21). The molecule has 0 aliphatic carbocycles. The first-order chi connectivity index (χ1) is 10.4. The van der Waals surface area contributed by atoms with Gasteiger partial charge in [-0.05, 0) is 37.5 Å². The summed E-state index contributed by atoms with van der Waals surface area (Å²) < 4.78 is 0. The molecule has 116 valence electrons. The first kappa shape index (κ1) is 16.0. The highest BCUT2D eigenvalue weighted by atomic mass is 32.1. The number of rotatable bonds is 5. The molecule has 1 aromatic carbocycles. The van der Waals surface area contributed by atoms with Crippen LogP contribution in [0.25, 0.3) is 0 Å². The summed E-state index contributed by atoms with van der Waals surface area (Å²) in [5.74, 6) is -0.0491. The molecule has 1 aromatic heterocycles. The summed E-state index contributed by atoms with van der Waals surface area (Å²) in [6.07, 6.45) is 1.69. The first-order valence-electron chi connectivity index (χ1n) is 6.86. The normalized spacial score (nSPS) is 10.3. The van der Waals surface area contributed by atoms with Gasteiger partial charge in [0.1, 0.15) is 0 Å². The summed E-state index contributed by atoms with van der Waals surface area (Å²) >= 11 is 1.50. The first-order valence-corrected chi connectivity index (χ1v) is 7.68. The molecule has 22 heavy (non-hydrogen) atoms. The fourth-order valence-corrected chi connectivity index (χ4v) is 2.92. The van der Waals surface area contributed by atoms with Crippen LogP contribution in [0.3, 0.4) is 0 Å². The minimum Gasteiger partial charge on any atom is -0.370 e. The summed E-state index contributed by atoms with van der Waals surface area (Å²) in [5, 5.41) is 3.38. The van der Waals surface area contributed by atoms with Gasteiger partial charge in [0.2, 0.25) is 5.91 Å². The molecule has 0 fully saturated rings. The van der Waals surface area contributed by atoms with Crippen LogP contribution in [-0.2, 0) is 17.6 Å². The molecule has 1 amide bonds. The van der Waals surface area contributed by atoms with Crippen LogP contribution in [0.5, 0.6) is 0 Å². The fourth-order valence-electron chi connectivity index (χ4n) is 2.01. The van der Waals surface area contributed by atoms with Gasteiger partial charge in [0.05, 0.1) is 11.4 Å². The van der Waals surface area contributed by atoms with Crippen LogP contribution in [0.4, 0.5) is 10.8 Å². The molecule has 0 radical (unpaired) electrons. The quantitative estimate of drug-likeness (QED) is 0.580. The molecule has 6 nitrogen and oxygen atoms in total. The van der Waals surface area contributed by atoms with E-state index in [9.17, 15) is 4.79 Å². The molecule has 1 heterocycles. The second-order valence-electron chi connectivity index (χ2n) is 4.91. The number of thiazole rings is 1. The van der Waals surface area contributed by atoms with Crippen molar-refractivity contribution >= 4 is 34.0 Å². The Bertz CT molecular complexity index is 686. The van der Waals surface area contributed by atoms with Gasteiger partial charge in [-0.25, -0.2) is 9.98 Å². The Morgan fingerprint density at radius 1 is 1.27 bits per heavy atom. The van der Waals surface area contributed by atoms with E-state index in [4.69, 9.17) is 11.5 Å². The molecule has 2 aromatic rings. The van der Waals surface area contributed by atoms with E-state index < -0.39 is 0 Å². The largest absolute Gasteiger partial charge is 0.370 e. The van der Waals surface area contributed by atoms with Crippen molar-refractivity contribution in [3.63, 3.8) is 0 Å². The predicted octanol–water partition coefficient (Wildman–Crippen LogP) is 2.10. The van der Waals surface area contributed by atoms with Crippen molar-refractivity contribution in [1.82, 2.24) is 4.98 Å². The number of hydrogen-bond donors (Lipinski definition) is 3. The number of benzene rings is 1. The number of amides is 1. The lowest BCUT2D eigenvalue weighted by Crippen LogP contribution is -2.21. The highest BCUT2D eigenvalue weighted by molar-refractivity contribution is 7.15. The van der Waals surface area contributed by atoms with E-state index in [1.54, 1.807) is 0 Å². The van der Waals surface area contributed by atoms with E-state index in [1.165, 1.54) is 23.8 Å². The maximum absolute atomic E-state index is 11.0. The molecule has 7 heteroatoms. The highest BCUT2D eigenvalue weighted by Crippen LogP contribution is 2.23. The molecule has 5 N–H and O–H groups in total. The number of hydrogen-bond acceptors (Lipinski definition) is 4. The molecule has 0 spiro atoms. The van der Waals surface area contributed by atoms with Crippen molar-refractivity contribution in [2.45, 2.75) is 26.7 Å². The zero-order valence-electron chi connectivity index (χ0n) is 12.6. The van der Waals surface area contributed by atoms with Crippen molar-refractivity contribution in [2.75, 3.05) is 5.32 Å². The smallest absolute Gasteiger partial charge is 0.223 e. The van der Waals surface area contributed by atoms with Crippen LogP contribution in [0.2, 0.25) is 0 Å². The SMILES string of the molecule is CC(=O)Nc1nc(CCc2ccc(N=C(N)N)cc2)c(C)s1. The molecule has 0 atom stereocenters. The lowest BCUT2D eigenvalue weighted by molar-refractivity contribution is -0.114. The Morgan fingerprint density at radius 2 is 1.95 bits per heavy atom. The maximum Gasteiger partial charge on any atom is 0.223 e. The van der Waals surface area contributed by atoms with Gasteiger partial charge < -0.3 is 16.8 Å². The molecule has 0 bridgehead atoms. The minimum absolute atomic E-state index is 0.0522. The molecular formula is C15H19N5OS. The summed E-state index contributed by atoms with van der Waals surface area (Å²) in [6.45, 7) is 3.49. The van der Waals surface area contributed by atoms with Gasteiger partial charge in [-0.2, -0.15) is 0 Å². The number of aryl methyl sites for hydroxylation is 3. The predicted molar refractivity (Wildman–Crippen MR) is 90.5 cm³/mol. The van der Waals surface area contributed by atoms with Crippen molar-refractivity contribution in [2.24, 2.45) is 16.5 Å². The Kier molecular flexibility index (Phi) is 5.11. The average molecular weight is 317 g/mol. The van der Waals surface area contributed by atoms with Crippen molar-refractivity contribution in [1.29, 1.82) is 0 Å². The summed E-state index contributed by atoms with van der Waals surface area (Å²) in [6, 6.07) is 7.76. The Labute approximate surface area is 133 Å². The van der Waals surface area contributed by atoms with E-state index in [0.29, 0.717) is 5.13 Å². The monoisotopic (exact) mass is 317 g/mol. The topological polar surface area (TPSA) is 106 Å². The van der Waals surface area contributed by atoms with E-state index in [1.807, 2.05) is 31.2 Å². The molecule has 2 rings (SSSR count). The van der Waals surface area contributed by atoms with Gasteiger partial charge in [-0.3, -0.25) is 4.79 Å². The van der Waals surface area contributed by atoms with E-state index in [-0.39, 0.29) is 11.9 Å². The lowest BCUT2D eigenvalue weighted by Gasteiger charge is -2.02. The third kappa shape index (κ3) is 4.56. The number of nitrogens with one attached hydrogen (secondary N) is 1. The van der Waals surface area contributed by atoms with Crippen molar-refractivity contribution in [3.05, 3.63) is 40.4 Å². The van der Waals surface area contributed by atoms with Crippen molar-refractivity contribution in [3.8, 4) is 0 Å². The number of nitrogens with zero attached hydrogens (tertiary/aromatic N) is 2. The number of nitrogens with two attached hydrogens (primary N) is 2. The molecule has 0 saturated carbocycles. The third-order valence-electron chi connectivity index (χ3n) is 3.02. The van der Waals surface area contributed by atoms with Gasteiger partial charge >= 0.3 is 0 Å². The van der Waals surface area contributed by atoms with Gasteiger partial charge in [0.15, 0.2) is 11.1 Å². The number of guanidine groups is 1. The minimum atomic E-state index is -0.101. The van der Waals surface area contributed by atoms with E-state index in [0.717, 1.165) is 29.1 Å². The Hall–Kier alpha value is -2.41. The third-order valence-corrected chi connectivity index (χ3v) is 3.95. The zero-order chi connectivity index (χ0) is 16.1. The maximum atomic E-state index is 11.0. The number of carbonyl (C=O) groups is 1. The second-order valence-corrected chi connectivity index (χ2v) is 6.11. The molecule has 0 aliphatic rings. The Balaban J connectivity index is 1.99. The zero-order valence-corrected chi connectivity index (χ0v) is 13.4. The van der Waals surface area contributed by atoms with E-state index >= 15 is 0 Å². The number of anilines is 1. The van der Waals surface area contributed by atoms with Crippen LogP contribution in [0.1, 0.15) is 23.1 Å². The van der Waals surface area contributed by atoms with Gasteiger partial charge in [-0.15, -0.1) is 11.3 Å². The molecular weight excluding hydrogens is 298 g/mol. The van der Waals surface area contributed by atoms with Gasteiger partial charge in [-0.1, -0.05) is 12.1 Å². The summed E-state index contributed by atoms with van der Waals surface area (Å²) in [7, 11) is 0. The molecule has 0 aliphatic heterocycles. The van der Waals surface area contributed by atoms with E-state index in [2.05, 4.69) is 15.3 Å². The number of carbonyl (C=O) groups excluding carboxylic acids is 1. The lowest BCUT2D eigenvalue weighted by atomic mass is 10.1. The highest BCUT2D eigenvalue weighted by Gasteiger charge is 2.08. The number of aliphatic imine (C=N–C) groups is 1. The van der Waals surface area contributed by atoms with Crippen LogP contribution in [-0.4, -0.2) is 16.9 Å². The van der Waals surface area contributed by atoms with Crippen molar-refractivity contribution < 1.29 is 4.79 Å². The van der Waals surface area contributed by atoms with Crippen LogP contribution in [0, 0.1) is 6.92 Å². The van der Waals surface area contributed by atoms with Gasteiger partial charge in [0.25, 0.3) is 0 Å². The van der Waals surface area contributed by atoms with Gasteiger partial charge in [0, 0.05) is 11.8 Å². The Morgan fingerprint density at radius 3 is 2.55 bits per heavy atom. The fraction of sp³-hybridized carbons (Fsp3) is 0.267. The second kappa shape index (κ2) is 7.04. The average Bonchev–Trinajstić information content (AvgIpc) is 2.76. The molecule has 0 saturated heterocycles. The van der Waals surface area contributed by atoms with Crippen LogP contribution >= 0.6 is 11.3 Å². The molecule has 0 unspecified atom stereocenters.